The van der Waals surface area contributed by atoms with E-state index in [9.17, 15) is 9.59 Å². The minimum absolute atomic E-state index is 0.226. The Morgan fingerprint density at radius 1 is 1.31 bits per heavy atom. The maximum absolute atomic E-state index is 12.5. The third kappa shape index (κ3) is 3.88. The molecule has 0 radical (unpaired) electrons. The minimum Gasteiger partial charge on any atom is -0.462 e. The van der Waals surface area contributed by atoms with Crippen LogP contribution in [0.2, 0.25) is 0 Å². The zero-order valence-corrected chi connectivity index (χ0v) is 15.9. The molecule has 1 heterocycles. The van der Waals surface area contributed by atoms with E-state index < -0.39 is 0 Å². The number of amides is 1. The van der Waals surface area contributed by atoms with Gasteiger partial charge in [0.2, 0.25) is 5.91 Å². The summed E-state index contributed by atoms with van der Waals surface area (Å²) in [5, 5.41) is 3.46. The van der Waals surface area contributed by atoms with E-state index >= 15 is 0 Å². The molecule has 1 aromatic carbocycles. The number of ether oxygens (including phenoxy) is 1. The van der Waals surface area contributed by atoms with Crippen molar-refractivity contribution in [2.75, 3.05) is 11.9 Å². The van der Waals surface area contributed by atoms with Gasteiger partial charge in [0.15, 0.2) is 0 Å². The van der Waals surface area contributed by atoms with Gasteiger partial charge in [0.05, 0.1) is 12.2 Å². The van der Waals surface area contributed by atoms with Crippen LogP contribution >= 0.6 is 11.3 Å². The molecule has 0 spiro atoms. The second-order valence-electron chi connectivity index (χ2n) is 6.27. The van der Waals surface area contributed by atoms with Crippen molar-refractivity contribution in [3.63, 3.8) is 0 Å². The Labute approximate surface area is 157 Å². The zero-order valence-electron chi connectivity index (χ0n) is 15.1. The number of allylic oxidation sites excluding steroid dienone is 1. The van der Waals surface area contributed by atoms with Crippen LogP contribution in [0.3, 0.4) is 0 Å². The van der Waals surface area contributed by atoms with Gasteiger partial charge in [-0.15, -0.1) is 11.3 Å². The highest BCUT2D eigenvalue weighted by molar-refractivity contribution is 7.17. The van der Waals surface area contributed by atoms with Crippen LogP contribution in [0.1, 0.15) is 52.5 Å². The lowest BCUT2D eigenvalue weighted by atomic mass is 9.83. The van der Waals surface area contributed by atoms with E-state index in [1.54, 1.807) is 19.9 Å². The third-order valence-corrected chi connectivity index (χ3v) is 5.74. The standard InChI is InChI=1S/C21H23NO3S/c1-3-8-18(23)22-20-19(21(24)25-4-2)16-12-11-15(13-17(16)26-20)14-9-6-5-7-10-14/h3,5-10,15H,4,11-13H2,1-2H3,(H,22,23). The van der Waals surface area contributed by atoms with Crippen LogP contribution in [0.4, 0.5) is 5.00 Å². The number of carbonyl (C=O) groups excluding carboxylic acids is 2. The predicted octanol–water partition coefficient (Wildman–Crippen LogP) is 4.71. The van der Waals surface area contributed by atoms with E-state index in [0.717, 1.165) is 24.8 Å². The SMILES string of the molecule is CC=CC(=O)Nc1sc2c(c1C(=O)OCC)CCC(c1ccccc1)C2. The van der Waals surface area contributed by atoms with Crippen molar-refractivity contribution in [1.29, 1.82) is 0 Å². The first kappa shape index (κ1) is 18.4. The summed E-state index contributed by atoms with van der Waals surface area (Å²) in [5.74, 6) is -0.133. The topological polar surface area (TPSA) is 55.4 Å². The zero-order chi connectivity index (χ0) is 18.5. The Morgan fingerprint density at radius 3 is 2.77 bits per heavy atom. The summed E-state index contributed by atoms with van der Waals surface area (Å²) in [7, 11) is 0. The van der Waals surface area contributed by atoms with E-state index in [0.29, 0.717) is 23.1 Å². The predicted molar refractivity (Wildman–Crippen MR) is 105 cm³/mol. The number of anilines is 1. The fourth-order valence-corrected chi connectivity index (χ4v) is 4.73. The van der Waals surface area contributed by atoms with Gasteiger partial charge >= 0.3 is 5.97 Å². The number of rotatable bonds is 5. The molecule has 0 bridgehead atoms. The number of nitrogens with one attached hydrogen (secondary N) is 1. The number of hydrogen-bond acceptors (Lipinski definition) is 4. The van der Waals surface area contributed by atoms with Gasteiger partial charge in [-0.1, -0.05) is 36.4 Å². The molecule has 0 fully saturated rings. The van der Waals surface area contributed by atoms with Gasteiger partial charge in [0.1, 0.15) is 5.00 Å². The smallest absolute Gasteiger partial charge is 0.341 e. The Hall–Kier alpha value is -2.40. The van der Waals surface area contributed by atoms with Crippen LogP contribution in [0.15, 0.2) is 42.5 Å². The molecule has 1 aromatic heterocycles. The average Bonchev–Trinajstić information content (AvgIpc) is 2.99. The third-order valence-electron chi connectivity index (χ3n) is 4.57. The molecule has 1 aliphatic rings. The second-order valence-corrected chi connectivity index (χ2v) is 7.37. The van der Waals surface area contributed by atoms with Crippen molar-refractivity contribution in [3.05, 3.63) is 64.1 Å². The van der Waals surface area contributed by atoms with Gasteiger partial charge < -0.3 is 10.1 Å². The van der Waals surface area contributed by atoms with Crippen LogP contribution in [-0.2, 0) is 22.4 Å². The molecule has 136 valence electrons. The van der Waals surface area contributed by atoms with E-state index in [1.807, 2.05) is 6.07 Å². The summed E-state index contributed by atoms with van der Waals surface area (Å²) in [6.45, 7) is 3.90. The lowest BCUT2D eigenvalue weighted by molar-refractivity contribution is -0.111. The van der Waals surface area contributed by atoms with Crippen molar-refractivity contribution >= 4 is 28.2 Å². The van der Waals surface area contributed by atoms with Crippen molar-refractivity contribution in [1.82, 2.24) is 0 Å². The van der Waals surface area contributed by atoms with Crippen molar-refractivity contribution < 1.29 is 14.3 Å². The molecule has 5 heteroatoms. The Bertz CT molecular complexity index is 823. The lowest BCUT2D eigenvalue weighted by Crippen LogP contribution is -2.16. The van der Waals surface area contributed by atoms with Crippen LogP contribution < -0.4 is 5.32 Å². The molecule has 2 aromatic rings. The van der Waals surface area contributed by atoms with E-state index in [1.165, 1.54) is 27.9 Å². The summed E-state index contributed by atoms with van der Waals surface area (Å²) in [6.07, 6.45) is 5.83. The Morgan fingerprint density at radius 2 is 2.08 bits per heavy atom. The lowest BCUT2D eigenvalue weighted by Gasteiger charge is -2.23. The van der Waals surface area contributed by atoms with Crippen molar-refractivity contribution in [2.45, 2.75) is 39.0 Å². The number of thiophene rings is 1. The van der Waals surface area contributed by atoms with Crippen molar-refractivity contribution in [2.24, 2.45) is 0 Å². The molecule has 1 N–H and O–H groups in total. The second kappa shape index (κ2) is 8.32. The highest BCUT2D eigenvalue weighted by Gasteiger charge is 2.30. The van der Waals surface area contributed by atoms with Gasteiger partial charge in [-0.3, -0.25) is 4.79 Å². The fourth-order valence-electron chi connectivity index (χ4n) is 3.41. The van der Waals surface area contributed by atoms with Crippen LogP contribution in [-0.4, -0.2) is 18.5 Å². The quantitative estimate of drug-likeness (QED) is 0.613. The van der Waals surface area contributed by atoms with Crippen LogP contribution in [0.5, 0.6) is 0 Å². The fraction of sp³-hybridized carbons (Fsp3) is 0.333. The highest BCUT2D eigenvalue weighted by Crippen LogP contribution is 2.42. The Kier molecular flexibility index (Phi) is 5.89. The summed E-state index contributed by atoms with van der Waals surface area (Å²) >= 11 is 1.50. The van der Waals surface area contributed by atoms with Crippen molar-refractivity contribution in [3.8, 4) is 0 Å². The number of fused-ring (bicyclic) bond motifs is 1. The molecule has 0 aliphatic heterocycles. The number of esters is 1. The summed E-state index contributed by atoms with van der Waals surface area (Å²) in [4.78, 5) is 25.7. The molecule has 4 nitrogen and oxygen atoms in total. The largest absolute Gasteiger partial charge is 0.462 e. The van der Waals surface area contributed by atoms with Gasteiger partial charge in [-0.25, -0.2) is 4.79 Å². The molecule has 1 atom stereocenters. The number of carbonyl (C=O) groups is 2. The first-order chi connectivity index (χ1) is 12.6. The first-order valence-electron chi connectivity index (χ1n) is 8.94. The molecule has 1 amide bonds. The number of hydrogen-bond donors (Lipinski definition) is 1. The molecule has 1 unspecified atom stereocenters. The number of benzene rings is 1. The van der Waals surface area contributed by atoms with E-state index in [-0.39, 0.29) is 11.9 Å². The Balaban J connectivity index is 1.93. The van der Waals surface area contributed by atoms with Gasteiger partial charge in [-0.05, 0) is 56.2 Å². The summed E-state index contributed by atoms with van der Waals surface area (Å²) in [5.41, 5.74) is 2.90. The molecular formula is C21H23NO3S. The molecule has 0 saturated carbocycles. The van der Waals surface area contributed by atoms with Gasteiger partial charge in [0, 0.05) is 4.88 Å². The van der Waals surface area contributed by atoms with E-state index in [2.05, 4.69) is 29.6 Å². The molecular weight excluding hydrogens is 346 g/mol. The van der Waals surface area contributed by atoms with Gasteiger partial charge in [0.25, 0.3) is 0 Å². The maximum Gasteiger partial charge on any atom is 0.341 e. The monoisotopic (exact) mass is 369 g/mol. The van der Waals surface area contributed by atoms with Crippen LogP contribution in [0.25, 0.3) is 0 Å². The summed E-state index contributed by atoms with van der Waals surface area (Å²) < 4.78 is 5.24. The minimum atomic E-state index is -0.348. The van der Waals surface area contributed by atoms with Crippen LogP contribution in [0, 0.1) is 0 Å². The average molecular weight is 369 g/mol. The summed E-state index contributed by atoms with van der Waals surface area (Å²) in [6, 6.07) is 10.5. The van der Waals surface area contributed by atoms with E-state index in [4.69, 9.17) is 4.74 Å². The molecule has 1 aliphatic carbocycles. The molecule has 26 heavy (non-hydrogen) atoms. The maximum atomic E-state index is 12.5. The first-order valence-corrected chi connectivity index (χ1v) is 9.76. The normalized spacial score (nSPS) is 16.3. The molecule has 3 rings (SSSR count). The van der Waals surface area contributed by atoms with Gasteiger partial charge in [-0.2, -0.15) is 0 Å². The highest BCUT2D eigenvalue weighted by atomic mass is 32.1. The molecule has 0 saturated heterocycles.